The molecule has 11 heteroatoms. The minimum Gasteiger partial charge on any atom is -0.389 e. The lowest BCUT2D eigenvalue weighted by Gasteiger charge is -2.37. The third-order valence-corrected chi connectivity index (χ3v) is 9.85. The van der Waals surface area contributed by atoms with Crippen molar-refractivity contribution < 1.29 is 31.5 Å². The molecule has 3 atom stereocenters. The molecule has 5 rings (SSSR count). The quantitative estimate of drug-likeness (QED) is 0.284. The van der Waals surface area contributed by atoms with Crippen LogP contribution in [0.4, 0.5) is 13.2 Å². The number of carbonyl (C=O) groups excluding carboxylic acids is 1. The Morgan fingerprint density at radius 3 is 2.57 bits per heavy atom. The van der Waals surface area contributed by atoms with E-state index in [0.717, 1.165) is 80.1 Å². The highest BCUT2D eigenvalue weighted by Crippen LogP contribution is 2.33. The smallest absolute Gasteiger partial charge is 0.389 e. The van der Waals surface area contributed by atoms with Crippen molar-refractivity contribution in [2.24, 2.45) is 0 Å². The largest absolute Gasteiger partial charge is 0.416 e. The molecule has 0 saturated carbocycles. The van der Waals surface area contributed by atoms with Gasteiger partial charge in [-0.3, -0.25) is 9.69 Å². The molecule has 1 aliphatic heterocycles. The van der Waals surface area contributed by atoms with E-state index >= 15 is 0 Å². The van der Waals surface area contributed by atoms with Crippen LogP contribution in [-0.2, 0) is 34.0 Å². The van der Waals surface area contributed by atoms with Gasteiger partial charge >= 0.3 is 6.18 Å². The highest BCUT2D eigenvalue weighted by molar-refractivity contribution is 7.89. The summed E-state index contributed by atoms with van der Waals surface area (Å²) in [6.45, 7) is 4.18. The molecule has 1 aliphatic carbocycles. The first-order valence-corrected chi connectivity index (χ1v) is 16.4. The number of aryl methyl sites for hydroxylation is 1. The van der Waals surface area contributed by atoms with Crippen LogP contribution in [-0.4, -0.2) is 43.0 Å². The molecule has 1 unspecified atom stereocenters. The summed E-state index contributed by atoms with van der Waals surface area (Å²) >= 11 is 0. The van der Waals surface area contributed by atoms with Crippen molar-refractivity contribution in [3.05, 3.63) is 101 Å². The standard InChI is InChI=1S/C33H38F3N3O4S/c1-32(41)16-7-17-39(22-32)21-23-14-15-28-25(18-23)10-5-13-29(28)37-31(40)20-30(24-8-3-2-4-9-24)38-44(42,43)27-12-6-11-26(19-27)33(34,35)36/h2-4,6,8-9,11-12,14-15,18-19,29-30,38,41H,5,7,10,13,16-17,20-22H2,1H3,(H,37,40)/t29-,30-,32?/m1/s1. The van der Waals surface area contributed by atoms with Gasteiger partial charge in [0.25, 0.3) is 0 Å². The number of amides is 1. The maximum absolute atomic E-state index is 13.4. The number of likely N-dealkylation sites (tertiary alicyclic amines) is 1. The Morgan fingerprint density at radius 1 is 1.07 bits per heavy atom. The fourth-order valence-corrected chi connectivity index (χ4v) is 7.55. The predicted molar refractivity (Wildman–Crippen MR) is 161 cm³/mol. The summed E-state index contributed by atoms with van der Waals surface area (Å²) in [6, 6.07) is 17.1. The number of piperidine rings is 1. The number of alkyl halides is 3. The van der Waals surface area contributed by atoms with Gasteiger partial charge in [-0.25, -0.2) is 13.1 Å². The number of halogens is 3. The van der Waals surface area contributed by atoms with Crippen LogP contribution in [0.3, 0.4) is 0 Å². The van der Waals surface area contributed by atoms with Gasteiger partial charge in [-0.15, -0.1) is 0 Å². The van der Waals surface area contributed by atoms with E-state index < -0.39 is 38.3 Å². The zero-order valence-electron chi connectivity index (χ0n) is 24.6. The molecule has 1 saturated heterocycles. The number of nitrogens with zero attached hydrogens (tertiary/aromatic N) is 1. The van der Waals surface area contributed by atoms with Crippen molar-refractivity contribution in [1.29, 1.82) is 0 Å². The van der Waals surface area contributed by atoms with E-state index in [9.17, 15) is 31.5 Å². The lowest BCUT2D eigenvalue weighted by atomic mass is 9.86. The van der Waals surface area contributed by atoms with E-state index in [-0.39, 0.29) is 18.4 Å². The summed E-state index contributed by atoms with van der Waals surface area (Å²) in [4.78, 5) is 15.1. The van der Waals surface area contributed by atoms with Gasteiger partial charge in [0.2, 0.25) is 15.9 Å². The summed E-state index contributed by atoms with van der Waals surface area (Å²) < 4.78 is 68.7. The van der Waals surface area contributed by atoms with Crippen LogP contribution >= 0.6 is 0 Å². The lowest BCUT2D eigenvalue weighted by Crippen LogP contribution is -2.45. The van der Waals surface area contributed by atoms with Crippen molar-refractivity contribution in [1.82, 2.24) is 14.9 Å². The monoisotopic (exact) mass is 629 g/mol. The number of hydrogen-bond acceptors (Lipinski definition) is 5. The van der Waals surface area contributed by atoms with E-state index in [2.05, 4.69) is 27.1 Å². The van der Waals surface area contributed by atoms with Gasteiger partial charge in [0.15, 0.2) is 0 Å². The second-order valence-corrected chi connectivity index (χ2v) is 13.9. The molecule has 0 aromatic heterocycles. The average molecular weight is 630 g/mol. The maximum atomic E-state index is 13.4. The number of fused-ring (bicyclic) bond motifs is 1. The van der Waals surface area contributed by atoms with Gasteiger partial charge in [-0.1, -0.05) is 54.6 Å². The Labute approximate surface area is 256 Å². The molecule has 0 spiro atoms. The van der Waals surface area contributed by atoms with E-state index in [0.29, 0.717) is 18.2 Å². The Hall–Kier alpha value is -3.25. The second kappa shape index (κ2) is 13.0. The van der Waals surface area contributed by atoms with Gasteiger partial charge in [-0.05, 0) is 86.0 Å². The van der Waals surface area contributed by atoms with Gasteiger partial charge in [0.05, 0.1) is 28.1 Å². The van der Waals surface area contributed by atoms with Crippen molar-refractivity contribution in [2.45, 2.75) is 80.7 Å². The number of carbonyl (C=O) groups is 1. The van der Waals surface area contributed by atoms with Gasteiger partial charge in [0, 0.05) is 19.5 Å². The summed E-state index contributed by atoms with van der Waals surface area (Å²) in [5.41, 5.74) is 2.11. The number of nitrogens with one attached hydrogen (secondary N) is 2. The zero-order valence-corrected chi connectivity index (χ0v) is 25.4. The highest BCUT2D eigenvalue weighted by atomic mass is 32.2. The molecule has 3 aromatic carbocycles. The lowest BCUT2D eigenvalue weighted by molar-refractivity contribution is -0.137. The molecule has 1 amide bonds. The molecular formula is C33H38F3N3O4S. The SMILES string of the molecule is CC1(O)CCCN(Cc2ccc3c(c2)CCC[C@H]3NC(=O)C[C@@H](NS(=O)(=O)c2cccc(C(F)(F)F)c2)c2ccccc2)C1. The molecule has 236 valence electrons. The van der Waals surface area contributed by atoms with Crippen LogP contribution in [0, 0.1) is 0 Å². The van der Waals surface area contributed by atoms with E-state index in [1.807, 2.05) is 13.0 Å². The topological polar surface area (TPSA) is 98.7 Å². The molecule has 3 N–H and O–H groups in total. The molecule has 1 heterocycles. The summed E-state index contributed by atoms with van der Waals surface area (Å²) in [5.74, 6) is -0.372. The van der Waals surface area contributed by atoms with Crippen LogP contribution < -0.4 is 10.0 Å². The number of rotatable bonds is 9. The normalized spacial score (nSPS) is 21.8. The predicted octanol–water partition coefficient (Wildman–Crippen LogP) is 5.66. The average Bonchev–Trinajstić information content (AvgIpc) is 2.96. The van der Waals surface area contributed by atoms with Crippen molar-refractivity contribution in [3.8, 4) is 0 Å². The second-order valence-electron chi connectivity index (χ2n) is 12.2. The molecule has 44 heavy (non-hydrogen) atoms. The first kappa shape index (κ1) is 32.2. The first-order chi connectivity index (χ1) is 20.8. The van der Waals surface area contributed by atoms with E-state index in [1.165, 1.54) is 0 Å². The number of hydrogen-bond donors (Lipinski definition) is 3. The minimum atomic E-state index is -4.70. The first-order valence-electron chi connectivity index (χ1n) is 14.9. The number of β-amino-alcohol motifs (C(OH)–C–C–N with tert-alkyl or cyclic N) is 1. The molecule has 7 nitrogen and oxygen atoms in total. The third-order valence-electron chi connectivity index (χ3n) is 8.38. The van der Waals surface area contributed by atoms with Crippen molar-refractivity contribution in [2.75, 3.05) is 13.1 Å². The van der Waals surface area contributed by atoms with Crippen LogP contribution in [0.1, 0.15) is 78.9 Å². The molecular weight excluding hydrogens is 591 g/mol. The Morgan fingerprint density at radius 2 is 1.84 bits per heavy atom. The van der Waals surface area contributed by atoms with Gasteiger partial charge in [-0.2, -0.15) is 13.2 Å². The Kier molecular flexibility index (Phi) is 9.50. The van der Waals surface area contributed by atoms with Crippen molar-refractivity contribution in [3.63, 3.8) is 0 Å². The fourth-order valence-electron chi connectivity index (χ4n) is 6.28. The van der Waals surface area contributed by atoms with Gasteiger partial charge < -0.3 is 10.4 Å². The van der Waals surface area contributed by atoms with Crippen LogP contribution in [0.5, 0.6) is 0 Å². The third kappa shape index (κ3) is 8.06. The number of sulfonamides is 1. The van der Waals surface area contributed by atoms with Gasteiger partial charge in [0.1, 0.15) is 0 Å². The zero-order chi connectivity index (χ0) is 31.5. The fraction of sp³-hybridized carbons (Fsp3) is 0.424. The highest BCUT2D eigenvalue weighted by Gasteiger charge is 2.33. The van der Waals surface area contributed by atoms with E-state index in [1.54, 1.807) is 30.3 Å². The molecule has 0 radical (unpaired) electrons. The molecule has 1 fully saturated rings. The van der Waals surface area contributed by atoms with Crippen LogP contribution in [0.2, 0.25) is 0 Å². The molecule has 2 aliphatic rings. The van der Waals surface area contributed by atoms with Crippen LogP contribution in [0.25, 0.3) is 0 Å². The number of benzene rings is 3. The van der Waals surface area contributed by atoms with Crippen molar-refractivity contribution >= 4 is 15.9 Å². The summed E-state index contributed by atoms with van der Waals surface area (Å²) in [6.07, 6.45) is -0.685. The van der Waals surface area contributed by atoms with E-state index in [4.69, 9.17) is 0 Å². The summed E-state index contributed by atoms with van der Waals surface area (Å²) in [7, 11) is -4.39. The number of aliphatic hydroxyl groups is 1. The Bertz CT molecular complexity index is 1580. The molecule has 0 bridgehead atoms. The maximum Gasteiger partial charge on any atom is 0.416 e. The van der Waals surface area contributed by atoms with Crippen LogP contribution in [0.15, 0.2) is 77.7 Å². The Balaban J connectivity index is 1.29. The summed E-state index contributed by atoms with van der Waals surface area (Å²) in [5, 5.41) is 13.5. The molecule has 3 aromatic rings. The minimum absolute atomic E-state index is 0.235.